The summed E-state index contributed by atoms with van der Waals surface area (Å²) in [6, 6.07) is 50.7. The molecule has 0 amide bonds. The third-order valence-corrected chi connectivity index (χ3v) is 23.5. The second-order valence-electron chi connectivity index (χ2n) is 18.0. The number of benzene rings is 6. The Morgan fingerprint density at radius 2 is 0.909 bits per heavy atom. The number of rotatable bonds is 6. The molecule has 0 heterocycles. The summed E-state index contributed by atoms with van der Waals surface area (Å²) in [5.41, 5.74) is 19.4. The van der Waals surface area contributed by atoms with Gasteiger partial charge in [0.1, 0.15) is 0 Å². The van der Waals surface area contributed by atoms with Crippen molar-refractivity contribution < 1.29 is 19.3 Å². The van der Waals surface area contributed by atoms with E-state index in [1.54, 1.807) is 3.28 Å². The van der Waals surface area contributed by atoms with E-state index >= 15 is 0 Å². The molecule has 1 heteroatoms. The molecule has 0 nitrogen and oxygen atoms in total. The first-order valence-electron chi connectivity index (χ1n) is 20.0. The molecule has 0 aromatic heterocycles. The summed E-state index contributed by atoms with van der Waals surface area (Å²) in [5, 5.41) is 0. The van der Waals surface area contributed by atoms with Crippen LogP contribution in [0, 0.1) is 13.8 Å². The van der Waals surface area contributed by atoms with Crippen LogP contribution >= 0.6 is 0 Å². The Hall–Kier alpha value is -4.58. The fourth-order valence-corrected chi connectivity index (χ4v) is 21.7. The van der Waals surface area contributed by atoms with Gasteiger partial charge >= 0.3 is 336 Å². The zero-order valence-electron chi connectivity index (χ0n) is 33.9. The van der Waals surface area contributed by atoms with Gasteiger partial charge in [0.2, 0.25) is 0 Å². The fraction of sp³-hybridized carbons (Fsp3) is 0.222. The van der Waals surface area contributed by atoms with Crippen molar-refractivity contribution in [2.75, 3.05) is 0 Å². The van der Waals surface area contributed by atoms with Crippen molar-refractivity contribution in [1.82, 2.24) is 0 Å². The van der Waals surface area contributed by atoms with Crippen LogP contribution in [0.15, 0.2) is 155 Å². The van der Waals surface area contributed by atoms with Crippen molar-refractivity contribution >= 4 is 7.42 Å². The topological polar surface area (TPSA) is 0 Å². The van der Waals surface area contributed by atoms with E-state index < -0.39 is 19.3 Å². The van der Waals surface area contributed by atoms with Crippen LogP contribution in [0.1, 0.15) is 96.1 Å². The van der Waals surface area contributed by atoms with Gasteiger partial charge in [0.05, 0.1) is 0 Å². The number of allylic oxidation sites excluding steroid dienone is 4. The molecule has 0 atom stereocenters. The van der Waals surface area contributed by atoms with E-state index in [4.69, 9.17) is 0 Å². The van der Waals surface area contributed by atoms with Crippen LogP contribution in [-0.2, 0) is 30.1 Å². The van der Waals surface area contributed by atoms with Gasteiger partial charge in [0, 0.05) is 0 Å². The summed E-state index contributed by atoms with van der Waals surface area (Å²) in [6.07, 6.45) is 8.20. The first-order chi connectivity index (χ1) is 26.3. The Morgan fingerprint density at radius 1 is 0.509 bits per heavy atom. The van der Waals surface area contributed by atoms with E-state index in [1.165, 1.54) is 77.9 Å². The van der Waals surface area contributed by atoms with Gasteiger partial charge in [-0.3, -0.25) is 0 Å². The zero-order chi connectivity index (χ0) is 38.5. The molecule has 0 radical (unpaired) electrons. The molecule has 0 saturated heterocycles. The molecule has 0 spiro atoms. The first-order valence-corrected chi connectivity index (χ1v) is 25.5. The van der Waals surface area contributed by atoms with E-state index in [0.29, 0.717) is 0 Å². The van der Waals surface area contributed by atoms with Crippen molar-refractivity contribution in [3.05, 3.63) is 199 Å². The van der Waals surface area contributed by atoms with Crippen molar-refractivity contribution in [2.45, 2.75) is 76.3 Å². The standard InChI is InChI=1S/C23H29.2C13H10.C5H5.Zr/c1-14-9-16-11-17-10-15(2)21(23(6,7)8)13-19(17)18(16)12-20(14)22(3,4)5;2*1-11-7-9-13(10-8-11)12-5-3-2-4-6-12;1-2-4-5-3-1;/h9-13H,1-8H3;2*1-10H;1-3H,4H2;. The van der Waals surface area contributed by atoms with Gasteiger partial charge in [-0.1, -0.05) is 0 Å². The summed E-state index contributed by atoms with van der Waals surface area (Å²) in [6.45, 7) is 18.9. The zero-order valence-corrected chi connectivity index (χ0v) is 36.3. The third-order valence-electron chi connectivity index (χ3n) is 12.0. The van der Waals surface area contributed by atoms with Crippen molar-refractivity contribution in [3.8, 4) is 33.4 Å². The molecule has 55 heavy (non-hydrogen) atoms. The minimum absolute atomic E-state index is 0.0481. The molecular weight excluding hydrogens is 740 g/mol. The molecule has 274 valence electrons. The number of hydrogen-bond acceptors (Lipinski definition) is 0. The molecule has 6 aromatic rings. The summed E-state index contributed by atoms with van der Waals surface area (Å²) in [4.78, 5) is 0. The maximum absolute atomic E-state index is 3.89. The normalized spacial score (nSPS) is 13.8. The Balaban J connectivity index is 1.45. The van der Waals surface area contributed by atoms with Gasteiger partial charge < -0.3 is 0 Å². The second kappa shape index (κ2) is 14.5. The molecule has 0 N–H and O–H groups in total. The molecule has 0 bridgehead atoms. The van der Waals surface area contributed by atoms with Gasteiger partial charge in [0.15, 0.2) is 0 Å². The van der Waals surface area contributed by atoms with Crippen molar-refractivity contribution in [3.63, 3.8) is 0 Å². The SMILES string of the molecule is Cc1cc2c(cc1C(C)(C)C)-c1cc(C(C)(C)C)c(C)cc1[CH]2[Zr](=[CH]c1ccc(-c2ccccc2)cc1)(=[CH]c1ccc(-c2ccccc2)cc1)[C]1=CC=CC1. The number of aryl methyl sites for hydroxylation is 2. The van der Waals surface area contributed by atoms with Crippen molar-refractivity contribution in [1.29, 1.82) is 0 Å². The van der Waals surface area contributed by atoms with Crippen LogP contribution in [0.4, 0.5) is 0 Å². The molecule has 0 aliphatic heterocycles. The van der Waals surface area contributed by atoms with Crippen LogP contribution in [0.5, 0.6) is 0 Å². The molecule has 2 aliphatic rings. The summed E-state index contributed by atoms with van der Waals surface area (Å²) >= 11 is -3.89. The summed E-state index contributed by atoms with van der Waals surface area (Å²) in [7, 11) is 0. The van der Waals surface area contributed by atoms with Crippen LogP contribution in [0.2, 0.25) is 0 Å². The number of hydrogen-bond donors (Lipinski definition) is 0. The van der Waals surface area contributed by atoms with E-state index in [1.807, 2.05) is 0 Å². The average Bonchev–Trinajstić information content (AvgIpc) is 3.82. The molecule has 0 unspecified atom stereocenters. The van der Waals surface area contributed by atoms with E-state index in [9.17, 15) is 0 Å². The van der Waals surface area contributed by atoms with E-state index in [-0.39, 0.29) is 14.5 Å². The average molecular weight is 794 g/mol. The van der Waals surface area contributed by atoms with Gasteiger partial charge in [0.25, 0.3) is 0 Å². The quantitative estimate of drug-likeness (QED) is 0.158. The van der Waals surface area contributed by atoms with Crippen molar-refractivity contribution in [2.24, 2.45) is 0 Å². The monoisotopic (exact) mass is 792 g/mol. The summed E-state index contributed by atoms with van der Waals surface area (Å²) in [5.74, 6) is 0. The van der Waals surface area contributed by atoms with Crippen LogP contribution in [0.3, 0.4) is 0 Å². The Morgan fingerprint density at radius 3 is 1.27 bits per heavy atom. The molecule has 2 aliphatic carbocycles. The van der Waals surface area contributed by atoms with Gasteiger partial charge in [-0.15, -0.1) is 0 Å². The molecular formula is C54H54Zr. The van der Waals surface area contributed by atoms with E-state index in [2.05, 4.69) is 214 Å². The second-order valence-corrected chi connectivity index (χ2v) is 27.0. The summed E-state index contributed by atoms with van der Waals surface area (Å²) < 4.78 is 7.52. The predicted octanol–water partition coefficient (Wildman–Crippen LogP) is 14.0. The number of fused-ring (bicyclic) bond motifs is 3. The predicted molar refractivity (Wildman–Crippen MR) is 237 cm³/mol. The van der Waals surface area contributed by atoms with Crippen LogP contribution in [0.25, 0.3) is 33.4 Å². The van der Waals surface area contributed by atoms with Crippen LogP contribution in [-0.4, -0.2) is 7.42 Å². The van der Waals surface area contributed by atoms with Gasteiger partial charge in [-0.2, -0.15) is 0 Å². The fourth-order valence-electron chi connectivity index (χ4n) is 9.41. The Kier molecular flexibility index (Phi) is 9.84. The third kappa shape index (κ3) is 7.18. The Bertz CT molecular complexity index is 2410. The molecule has 0 saturated carbocycles. The maximum atomic E-state index is 2.80. The molecule has 0 fully saturated rings. The first kappa shape index (κ1) is 37.4. The van der Waals surface area contributed by atoms with Gasteiger partial charge in [-0.05, 0) is 0 Å². The van der Waals surface area contributed by atoms with Gasteiger partial charge in [-0.25, -0.2) is 0 Å². The Labute approximate surface area is 333 Å². The molecule has 8 rings (SSSR count). The molecule has 6 aromatic carbocycles. The minimum atomic E-state index is -3.89. The van der Waals surface area contributed by atoms with E-state index in [0.717, 1.165) is 6.42 Å². The van der Waals surface area contributed by atoms with Crippen LogP contribution < -0.4 is 0 Å².